The first-order valence-corrected chi connectivity index (χ1v) is 20.4. The van der Waals surface area contributed by atoms with Gasteiger partial charge in [0.1, 0.15) is 0 Å². The Morgan fingerprint density at radius 2 is 0.810 bits per heavy atom. The third-order valence-corrected chi connectivity index (χ3v) is 11.2. The first kappa shape index (κ1) is 41.4. The zero-order valence-electron chi connectivity index (χ0n) is 28.8. The fraction of sp³-hybridized carbons (Fsp3) is 0.971. The third kappa shape index (κ3) is 28.2. The van der Waals surface area contributed by atoms with Crippen LogP contribution in [-0.4, -0.2) is 47.9 Å². The van der Waals surface area contributed by atoms with E-state index in [0.717, 1.165) is 19.3 Å². The first-order chi connectivity index (χ1) is 20.6. The number of nitrogens with one attached hydrogen (secondary N) is 1. The number of unbranched alkanes of at least 4 members (excludes halogenated alkanes) is 22. The summed E-state index contributed by atoms with van der Waals surface area (Å²) in [6.07, 6.45) is 32.2. The Balaban J connectivity index is 3.36. The largest absolute Gasteiger partial charge is 0.500 e. The highest BCUT2D eigenvalue weighted by molar-refractivity contribution is 6.60. The van der Waals surface area contributed by atoms with Crippen molar-refractivity contribution in [3.8, 4) is 0 Å². The summed E-state index contributed by atoms with van der Waals surface area (Å²) >= 11 is 0. The van der Waals surface area contributed by atoms with Crippen LogP contribution >= 0.6 is 0 Å². The molecule has 0 spiro atoms. The van der Waals surface area contributed by atoms with E-state index in [4.69, 9.17) is 18.0 Å². The lowest BCUT2D eigenvalue weighted by Gasteiger charge is -2.28. The lowest BCUT2D eigenvalue weighted by molar-refractivity contribution is 0.0706. The molecule has 0 aliphatic heterocycles. The molecule has 0 aromatic heterocycles. The summed E-state index contributed by atoms with van der Waals surface area (Å²) in [4.78, 5) is 12.0. The smallest absolute Gasteiger partial charge is 0.450 e. The highest BCUT2D eigenvalue weighted by Gasteiger charge is 2.39. The van der Waals surface area contributed by atoms with E-state index >= 15 is 0 Å². The van der Waals surface area contributed by atoms with Gasteiger partial charge in [0, 0.05) is 32.4 Å². The first-order valence-electron chi connectivity index (χ1n) is 18.5. The number of hydrogen-bond donors (Lipinski definition) is 1. The highest BCUT2D eigenvalue weighted by Crippen LogP contribution is 2.18. The van der Waals surface area contributed by atoms with Gasteiger partial charge in [0.15, 0.2) is 0 Å². The van der Waals surface area contributed by atoms with Crippen LogP contribution in [0.2, 0.25) is 6.04 Å². The van der Waals surface area contributed by atoms with Crippen molar-refractivity contribution in [2.45, 2.75) is 188 Å². The number of hydrogen-bond acceptors (Lipinski definition) is 5. The second kappa shape index (κ2) is 33.3. The second-order valence-electron chi connectivity index (χ2n) is 11.9. The predicted molar refractivity (Wildman–Crippen MR) is 181 cm³/mol. The van der Waals surface area contributed by atoms with Gasteiger partial charge in [-0.25, -0.2) is 4.79 Å². The van der Waals surface area contributed by atoms with Gasteiger partial charge >= 0.3 is 14.9 Å². The number of amides is 1. The molecule has 1 amide bonds. The van der Waals surface area contributed by atoms with Crippen LogP contribution in [0.5, 0.6) is 0 Å². The molecule has 0 aliphatic rings. The quantitative estimate of drug-likeness (QED) is 0.0576. The lowest BCUT2D eigenvalue weighted by atomic mass is 10.0. The zero-order valence-corrected chi connectivity index (χ0v) is 29.8. The van der Waals surface area contributed by atoms with Crippen LogP contribution in [0.15, 0.2) is 0 Å². The van der Waals surface area contributed by atoms with Gasteiger partial charge in [-0.05, 0) is 33.6 Å². The van der Waals surface area contributed by atoms with E-state index in [2.05, 4.69) is 12.2 Å². The zero-order chi connectivity index (χ0) is 30.8. The molecule has 0 fully saturated rings. The third-order valence-electron chi connectivity index (χ3n) is 8.00. The van der Waals surface area contributed by atoms with E-state index in [1.54, 1.807) is 0 Å². The van der Waals surface area contributed by atoms with E-state index in [9.17, 15) is 4.79 Å². The molecule has 7 heteroatoms. The molecular weight excluding hydrogens is 542 g/mol. The second-order valence-corrected chi connectivity index (χ2v) is 14.7. The number of carbonyl (C=O) groups excluding carboxylic acids is 1. The van der Waals surface area contributed by atoms with Crippen molar-refractivity contribution in [3.05, 3.63) is 0 Å². The van der Waals surface area contributed by atoms with Crippen molar-refractivity contribution < 1.29 is 22.8 Å². The molecule has 0 aromatic rings. The molecule has 42 heavy (non-hydrogen) atoms. The van der Waals surface area contributed by atoms with Crippen molar-refractivity contribution in [2.75, 3.05) is 33.0 Å². The van der Waals surface area contributed by atoms with Crippen LogP contribution in [-0.2, 0) is 18.0 Å². The van der Waals surface area contributed by atoms with E-state index in [1.807, 2.05) is 20.8 Å². The molecule has 6 nitrogen and oxygen atoms in total. The lowest BCUT2D eigenvalue weighted by Crippen LogP contribution is -2.46. The van der Waals surface area contributed by atoms with Gasteiger partial charge in [-0.2, -0.15) is 0 Å². The fourth-order valence-corrected chi connectivity index (χ4v) is 8.21. The molecule has 0 atom stereocenters. The summed E-state index contributed by atoms with van der Waals surface area (Å²) in [5.74, 6) is 0. The number of ether oxygens (including phenoxy) is 1. The van der Waals surface area contributed by atoms with Crippen LogP contribution in [0.1, 0.15) is 182 Å². The Labute approximate surface area is 263 Å². The Kier molecular flexibility index (Phi) is 32.8. The van der Waals surface area contributed by atoms with E-state index in [1.165, 1.54) is 135 Å². The van der Waals surface area contributed by atoms with Crippen molar-refractivity contribution in [3.63, 3.8) is 0 Å². The molecule has 252 valence electrons. The highest BCUT2D eigenvalue weighted by atomic mass is 28.4. The Hall–Kier alpha value is -0.633. The molecule has 0 aliphatic carbocycles. The number of rotatable bonds is 34. The summed E-state index contributed by atoms with van der Waals surface area (Å²) in [6.45, 7) is 10.9. The number of alkyl carbamates (subject to hydrolysis) is 1. The predicted octanol–water partition coefficient (Wildman–Crippen LogP) is 11.1. The topological polar surface area (TPSA) is 66.0 Å². The summed E-state index contributed by atoms with van der Waals surface area (Å²) in [6, 6.07) is 0.697. The Bertz CT molecular complexity index is 534. The average Bonchev–Trinajstić information content (AvgIpc) is 2.98. The molecule has 0 bridgehead atoms. The standard InChI is InChI=1S/C35H73NO5Si/c1-5-9-10-11-12-13-14-15-16-17-18-19-20-21-22-23-24-25-26-27-28-29-30-33-38-35(37)36-32-31-34-42(39-6-2,40-7-3)41-8-4/h5-34H2,1-4H3,(H,36,37). The van der Waals surface area contributed by atoms with Crippen molar-refractivity contribution in [1.82, 2.24) is 5.32 Å². The molecule has 0 unspecified atom stereocenters. The minimum atomic E-state index is -2.63. The monoisotopic (exact) mass is 616 g/mol. The van der Waals surface area contributed by atoms with Crippen LogP contribution in [0, 0.1) is 0 Å². The fourth-order valence-electron chi connectivity index (χ4n) is 5.60. The van der Waals surface area contributed by atoms with Crippen LogP contribution in [0.3, 0.4) is 0 Å². The maximum Gasteiger partial charge on any atom is 0.500 e. The molecule has 0 radical (unpaired) electrons. The van der Waals surface area contributed by atoms with E-state index in [-0.39, 0.29) is 6.09 Å². The average molecular weight is 616 g/mol. The molecule has 0 rings (SSSR count). The van der Waals surface area contributed by atoms with Crippen molar-refractivity contribution >= 4 is 14.9 Å². The molecule has 0 saturated carbocycles. The van der Waals surface area contributed by atoms with Gasteiger partial charge in [-0.15, -0.1) is 0 Å². The number of carbonyl (C=O) groups is 1. The van der Waals surface area contributed by atoms with E-state index < -0.39 is 8.80 Å². The van der Waals surface area contributed by atoms with Crippen LogP contribution in [0.25, 0.3) is 0 Å². The van der Waals surface area contributed by atoms with Gasteiger partial charge in [-0.1, -0.05) is 148 Å². The van der Waals surface area contributed by atoms with Gasteiger partial charge in [0.2, 0.25) is 0 Å². The Morgan fingerprint density at radius 1 is 0.476 bits per heavy atom. The van der Waals surface area contributed by atoms with Gasteiger partial charge in [0.05, 0.1) is 6.61 Å². The summed E-state index contributed by atoms with van der Waals surface area (Å²) in [5.41, 5.74) is 0. The van der Waals surface area contributed by atoms with E-state index in [0.29, 0.717) is 39.0 Å². The van der Waals surface area contributed by atoms with Crippen LogP contribution < -0.4 is 5.32 Å². The molecular formula is C35H73NO5Si. The molecule has 1 N–H and O–H groups in total. The minimum Gasteiger partial charge on any atom is -0.450 e. The maximum atomic E-state index is 12.0. The summed E-state index contributed by atoms with van der Waals surface area (Å²) in [7, 11) is -2.63. The van der Waals surface area contributed by atoms with Crippen molar-refractivity contribution in [2.24, 2.45) is 0 Å². The normalized spacial score (nSPS) is 11.7. The minimum absolute atomic E-state index is 0.328. The Morgan fingerprint density at radius 3 is 1.14 bits per heavy atom. The van der Waals surface area contributed by atoms with Crippen molar-refractivity contribution in [1.29, 1.82) is 0 Å². The summed E-state index contributed by atoms with van der Waals surface area (Å²) in [5, 5.41) is 2.84. The summed E-state index contributed by atoms with van der Waals surface area (Å²) < 4.78 is 22.9. The molecule has 0 heterocycles. The SMILES string of the molecule is CCCCCCCCCCCCCCCCCCCCCCCCCOC(=O)NCCC[Si](OCC)(OCC)OCC. The molecule has 0 aromatic carbocycles. The maximum absolute atomic E-state index is 12.0. The molecule has 0 saturated heterocycles. The van der Waals surface area contributed by atoms with Gasteiger partial charge in [0.25, 0.3) is 0 Å². The van der Waals surface area contributed by atoms with Crippen LogP contribution in [0.4, 0.5) is 4.79 Å². The van der Waals surface area contributed by atoms with Gasteiger partial charge < -0.3 is 23.3 Å². The van der Waals surface area contributed by atoms with Gasteiger partial charge in [-0.3, -0.25) is 0 Å².